The monoisotopic (exact) mass is 469 g/mol. The number of nitrogens with zero attached hydrogens (tertiary/aromatic N) is 4. The number of sulfonamides is 1. The standard InChI is InChI=1S/C24H31N5O3S/c1-5-18(4)29-23-9-8-20(15-22(23)26-27-29)33(31,32)28-12-10-19(11-13-28)24(30)25-21-14-16(2)6-7-17(21)3/h6-9,14-15,18-19H,5,10-13H2,1-4H3,(H,25,30)/t18-/m1/s1. The van der Waals surface area contributed by atoms with Gasteiger partial charge in [0.05, 0.1) is 16.5 Å². The number of anilines is 1. The van der Waals surface area contributed by atoms with Crippen LogP contribution in [0.15, 0.2) is 41.3 Å². The molecule has 2 heterocycles. The van der Waals surface area contributed by atoms with Crippen molar-refractivity contribution in [2.45, 2.75) is 57.9 Å². The third-order valence-corrected chi connectivity index (χ3v) is 8.46. The Balaban J connectivity index is 1.44. The Bertz CT molecular complexity index is 1280. The van der Waals surface area contributed by atoms with E-state index in [0.717, 1.165) is 28.8 Å². The van der Waals surface area contributed by atoms with Crippen LogP contribution in [0.5, 0.6) is 0 Å². The van der Waals surface area contributed by atoms with Crippen molar-refractivity contribution < 1.29 is 13.2 Å². The molecule has 1 aliphatic rings. The van der Waals surface area contributed by atoms with E-state index in [2.05, 4.69) is 29.5 Å². The zero-order valence-electron chi connectivity index (χ0n) is 19.6. The number of aryl methyl sites for hydroxylation is 2. The molecule has 9 heteroatoms. The van der Waals surface area contributed by atoms with Crippen LogP contribution in [-0.2, 0) is 14.8 Å². The van der Waals surface area contributed by atoms with E-state index in [1.165, 1.54) is 4.31 Å². The average Bonchev–Trinajstić information content (AvgIpc) is 3.24. The number of rotatable bonds is 6. The van der Waals surface area contributed by atoms with Crippen LogP contribution in [-0.4, -0.2) is 46.7 Å². The minimum atomic E-state index is -3.67. The van der Waals surface area contributed by atoms with Crippen molar-refractivity contribution in [2.24, 2.45) is 5.92 Å². The number of hydrogen-bond acceptors (Lipinski definition) is 5. The van der Waals surface area contributed by atoms with Gasteiger partial charge in [0.25, 0.3) is 0 Å². The molecule has 8 nitrogen and oxygen atoms in total. The lowest BCUT2D eigenvalue weighted by molar-refractivity contribution is -0.120. The Hall–Kier alpha value is -2.78. The van der Waals surface area contributed by atoms with E-state index < -0.39 is 10.0 Å². The van der Waals surface area contributed by atoms with Crippen LogP contribution in [0.3, 0.4) is 0 Å². The molecule has 1 atom stereocenters. The molecule has 0 spiro atoms. The molecule has 1 fully saturated rings. The van der Waals surface area contributed by atoms with Gasteiger partial charge in [0.1, 0.15) is 5.52 Å². The van der Waals surface area contributed by atoms with Crippen LogP contribution in [0, 0.1) is 19.8 Å². The number of carbonyl (C=O) groups is 1. The maximum Gasteiger partial charge on any atom is 0.243 e. The lowest BCUT2D eigenvalue weighted by atomic mass is 9.97. The van der Waals surface area contributed by atoms with Gasteiger partial charge in [-0.1, -0.05) is 24.3 Å². The molecule has 0 radical (unpaired) electrons. The summed E-state index contributed by atoms with van der Waals surface area (Å²) < 4.78 is 29.8. The van der Waals surface area contributed by atoms with Crippen LogP contribution in [0.4, 0.5) is 5.69 Å². The van der Waals surface area contributed by atoms with Gasteiger partial charge in [-0.25, -0.2) is 13.1 Å². The van der Waals surface area contributed by atoms with Gasteiger partial charge in [-0.2, -0.15) is 4.31 Å². The highest BCUT2D eigenvalue weighted by Gasteiger charge is 2.32. The fourth-order valence-electron chi connectivity index (χ4n) is 4.19. The van der Waals surface area contributed by atoms with Crippen molar-refractivity contribution in [1.82, 2.24) is 19.3 Å². The lowest BCUT2D eigenvalue weighted by Crippen LogP contribution is -2.41. The molecule has 1 saturated heterocycles. The highest BCUT2D eigenvalue weighted by Crippen LogP contribution is 2.28. The van der Waals surface area contributed by atoms with Crippen LogP contribution in [0.2, 0.25) is 0 Å². The van der Waals surface area contributed by atoms with Crippen molar-refractivity contribution in [1.29, 1.82) is 0 Å². The van der Waals surface area contributed by atoms with Crippen molar-refractivity contribution >= 4 is 32.7 Å². The first-order valence-electron chi connectivity index (χ1n) is 11.4. The number of piperidine rings is 1. The van der Waals surface area contributed by atoms with E-state index in [1.807, 2.05) is 36.7 Å². The van der Waals surface area contributed by atoms with Gasteiger partial charge in [-0.15, -0.1) is 5.10 Å². The van der Waals surface area contributed by atoms with Crippen molar-refractivity contribution in [3.8, 4) is 0 Å². The van der Waals surface area contributed by atoms with Crippen molar-refractivity contribution in [3.63, 3.8) is 0 Å². The summed E-state index contributed by atoms with van der Waals surface area (Å²) in [4.78, 5) is 13.0. The lowest BCUT2D eigenvalue weighted by Gasteiger charge is -2.30. The van der Waals surface area contributed by atoms with Gasteiger partial charge in [-0.05, 0) is 75.4 Å². The molecule has 3 aromatic rings. The maximum absolute atomic E-state index is 13.2. The van der Waals surface area contributed by atoms with E-state index in [0.29, 0.717) is 31.4 Å². The third kappa shape index (κ3) is 4.65. The zero-order valence-corrected chi connectivity index (χ0v) is 20.4. The molecule has 0 bridgehead atoms. The normalized spacial score (nSPS) is 16.7. The molecule has 0 aliphatic carbocycles. The zero-order chi connectivity index (χ0) is 23.8. The topological polar surface area (TPSA) is 97.2 Å². The minimum Gasteiger partial charge on any atom is -0.326 e. The molecule has 176 valence electrons. The largest absolute Gasteiger partial charge is 0.326 e. The van der Waals surface area contributed by atoms with E-state index in [9.17, 15) is 13.2 Å². The average molecular weight is 470 g/mol. The first-order chi connectivity index (χ1) is 15.7. The number of fused-ring (bicyclic) bond motifs is 1. The summed E-state index contributed by atoms with van der Waals surface area (Å²) in [5.41, 5.74) is 4.30. The number of benzene rings is 2. The van der Waals surface area contributed by atoms with Crippen LogP contribution >= 0.6 is 0 Å². The van der Waals surface area contributed by atoms with Gasteiger partial charge in [0.2, 0.25) is 15.9 Å². The summed E-state index contributed by atoms with van der Waals surface area (Å²) in [6, 6.07) is 11.1. The summed E-state index contributed by atoms with van der Waals surface area (Å²) in [7, 11) is -3.67. The Morgan fingerprint density at radius 3 is 2.58 bits per heavy atom. The molecule has 0 unspecified atom stereocenters. The Kier molecular flexibility index (Phi) is 6.54. The summed E-state index contributed by atoms with van der Waals surface area (Å²) in [5.74, 6) is -0.266. The third-order valence-electron chi connectivity index (χ3n) is 6.56. The number of carbonyl (C=O) groups excluding carboxylic acids is 1. The van der Waals surface area contributed by atoms with E-state index >= 15 is 0 Å². The van der Waals surface area contributed by atoms with Gasteiger partial charge >= 0.3 is 0 Å². The van der Waals surface area contributed by atoms with Gasteiger partial charge in [-0.3, -0.25) is 4.79 Å². The molecule has 1 aliphatic heterocycles. The van der Waals surface area contributed by atoms with E-state index in [-0.39, 0.29) is 22.8 Å². The van der Waals surface area contributed by atoms with Gasteiger partial charge < -0.3 is 5.32 Å². The maximum atomic E-state index is 13.2. The fraction of sp³-hybridized carbons (Fsp3) is 0.458. The van der Waals surface area contributed by atoms with E-state index in [4.69, 9.17) is 0 Å². The highest BCUT2D eigenvalue weighted by molar-refractivity contribution is 7.89. The number of amides is 1. The smallest absolute Gasteiger partial charge is 0.243 e. The Morgan fingerprint density at radius 2 is 1.88 bits per heavy atom. The number of hydrogen-bond donors (Lipinski definition) is 1. The van der Waals surface area contributed by atoms with Crippen molar-refractivity contribution in [2.75, 3.05) is 18.4 Å². The fourth-order valence-corrected chi connectivity index (χ4v) is 5.68. The molecule has 1 aromatic heterocycles. The molecule has 1 amide bonds. The predicted molar refractivity (Wildman–Crippen MR) is 129 cm³/mol. The predicted octanol–water partition coefficient (Wildman–Crippen LogP) is 4.06. The molecular formula is C24H31N5O3S. The SMILES string of the molecule is CC[C@@H](C)n1nnc2cc(S(=O)(=O)N3CCC(C(=O)Nc4cc(C)ccc4C)CC3)ccc21. The van der Waals surface area contributed by atoms with Crippen molar-refractivity contribution in [3.05, 3.63) is 47.5 Å². The summed E-state index contributed by atoms with van der Waals surface area (Å²) in [6.45, 7) is 8.70. The number of nitrogens with one attached hydrogen (secondary N) is 1. The molecule has 4 rings (SSSR count). The van der Waals surface area contributed by atoms with Gasteiger partial charge in [0, 0.05) is 24.7 Å². The minimum absolute atomic E-state index is 0.0520. The summed E-state index contributed by atoms with van der Waals surface area (Å²) >= 11 is 0. The molecule has 33 heavy (non-hydrogen) atoms. The van der Waals surface area contributed by atoms with E-state index in [1.54, 1.807) is 18.2 Å². The first-order valence-corrected chi connectivity index (χ1v) is 12.9. The van der Waals surface area contributed by atoms with Crippen LogP contribution < -0.4 is 5.32 Å². The Morgan fingerprint density at radius 1 is 1.15 bits per heavy atom. The molecule has 1 N–H and O–H groups in total. The summed E-state index contributed by atoms with van der Waals surface area (Å²) in [6.07, 6.45) is 1.88. The molecular weight excluding hydrogens is 438 g/mol. The quantitative estimate of drug-likeness (QED) is 0.587. The summed E-state index contributed by atoms with van der Waals surface area (Å²) in [5, 5.41) is 11.4. The molecule has 2 aromatic carbocycles. The second kappa shape index (κ2) is 9.23. The highest BCUT2D eigenvalue weighted by atomic mass is 32.2. The second-order valence-corrected chi connectivity index (χ2v) is 10.9. The second-order valence-electron chi connectivity index (χ2n) is 8.93. The van der Waals surface area contributed by atoms with Crippen LogP contribution in [0.1, 0.15) is 50.3 Å². The Labute approximate surface area is 195 Å². The van der Waals surface area contributed by atoms with Gasteiger partial charge in [0.15, 0.2) is 0 Å². The van der Waals surface area contributed by atoms with Crippen LogP contribution in [0.25, 0.3) is 11.0 Å². The molecule has 0 saturated carbocycles. The first kappa shape index (κ1) is 23.4. The number of aromatic nitrogens is 3.